The molecule has 0 radical (unpaired) electrons. The molecule has 0 saturated carbocycles. The van der Waals surface area contributed by atoms with Gasteiger partial charge in [-0.25, -0.2) is 8.42 Å². The molecule has 0 N–H and O–H groups in total. The lowest BCUT2D eigenvalue weighted by molar-refractivity contribution is -0.131. The van der Waals surface area contributed by atoms with Gasteiger partial charge < -0.3 is 9.32 Å². The lowest BCUT2D eigenvalue weighted by atomic mass is 9.99. The lowest BCUT2D eigenvalue weighted by Crippen LogP contribution is -2.41. The molecule has 2 fully saturated rings. The molecule has 32 heavy (non-hydrogen) atoms. The van der Waals surface area contributed by atoms with Gasteiger partial charge in [-0.3, -0.25) is 4.79 Å². The number of benzene rings is 1. The average Bonchev–Trinajstić information content (AvgIpc) is 3.28. The molecule has 10 heteroatoms. The number of sulfonamides is 1. The summed E-state index contributed by atoms with van der Waals surface area (Å²) in [6.45, 7) is 6.75. The Balaban J connectivity index is 1.44. The van der Waals surface area contributed by atoms with E-state index in [0.29, 0.717) is 29.8 Å². The summed E-state index contributed by atoms with van der Waals surface area (Å²) >= 11 is 1.24. The minimum absolute atomic E-state index is 0.0799. The van der Waals surface area contributed by atoms with Gasteiger partial charge in [0, 0.05) is 31.7 Å². The molecule has 1 atom stereocenters. The second kappa shape index (κ2) is 9.93. The van der Waals surface area contributed by atoms with Gasteiger partial charge in [0.2, 0.25) is 21.8 Å². The molecule has 0 spiro atoms. The van der Waals surface area contributed by atoms with Gasteiger partial charge in [-0.05, 0) is 56.7 Å². The third kappa shape index (κ3) is 5.18. The standard InChI is InChI=1S/C22H30N4O4S2/c1-16-9-13-25(14-10-16)21(27)17(2)31-22-24-23-20(30-22)18-7-6-8-19(15-18)32(28,29)26-11-4-3-5-12-26/h6-8,15-17H,3-5,9-14H2,1-2H3. The van der Waals surface area contributed by atoms with Crippen molar-refractivity contribution < 1.29 is 17.6 Å². The van der Waals surface area contributed by atoms with Gasteiger partial charge in [-0.15, -0.1) is 10.2 Å². The molecule has 8 nitrogen and oxygen atoms in total. The van der Waals surface area contributed by atoms with E-state index in [1.165, 1.54) is 11.8 Å². The number of rotatable bonds is 6. The van der Waals surface area contributed by atoms with E-state index in [-0.39, 0.29) is 21.9 Å². The number of piperidine rings is 2. The highest BCUT2D eigenvalue weighted by atomic mass is 32.2. The number of carbonyl (C=O) groups is 1. The number of nitrogens with zero attached hydrogens (tertiary/aromatic N) is 4. The van der Waals surface area contributed by atoms with Crippen LogP contribution in [0.15, 0.2) is 38.8 Å². The summed E-state index contributed by atoms with van der Waals surface area (Å²) in [6, 6.07) is 6.61. The molecule has 1 aromatic heterocycles. The van der Waals surface area contributed by atoms with Crippen LogP contribution in [-0.2, 0) is 14.8 Å². The SMILES string of the molecule is CC1CCN(C(=O)C(C)Sc2nnc(-c3cccc(S(=O)(=O)N4CCCCC4)c3)o2)CC1. The Kier molecular flexibility index (Phi) is 7.21. The van der Waals surface area contributed by atoms with Crippen LogP contribution in [0.1, 0.15) is 46.0 Å². The van der Waals surface area contributed by atoms with Crippen molar-refractivity contribution in [3.8, 4) is 11.5 Å². The molecule has 4 rings (SSSR count). The van der Waals surface area contributed by atoms with Gasteiger partial charge in [0.25, 0.3) is 5.22 Å². The predicted molar refractivity (Wildman–Crippen MR) is 123 cm³/mol. The van der Waals surface area contributed by atoms with Crippen molar-refractivity contribution in [1.82, 2.24) is 19.4 Å². The maximum absolute atomic E-state index is 13.0. The minimum Gasteiger partial charge on any atom is -0.411 e. The number of hydrogen-bond donors (Lipinski definition) is 0. The van der Waals surface area contributed by atoms with Crippen molar-refractivity contribution >= 4 is 27.7 Å². The molecular weight excluding hydrogens is 448 g/mol. The van der Waals surface area contributed by atoms with Crippen LogP contribution >= 0.6 is 11.8 Å². The topological polar surface area (TPSA) is 96.6 Å². The smallest absolute Gasteiger partial charge is 0.277 e. The van der Waals surface area contributed by atoms with E-state index in [9.17, 15) is 13.2 Å². The summed E-state index contributed by atoms with van der Waals surface area (Å²) in [5, 5.41) is 8.13. The Morgan fingerprint density at radius 2 is 1.84 bits per heavy atom. The highest BCUT2D eigenvalue weighted by molar-refractivity contribution is 8.00. The largest absolute Gasteiger partial charge is 0.411 e. The van der Waals surface area contributed by atoms with Crippen LogP contribution in [0, 0.1) is 5.92 Å². The first kappa shape index (κ1) is 23.3. The summed E-state index contributed by atoms with van der Waals surface area (Å²) < 4.78 is 33.3. The highest BCUT2D eigenvalue weighted by Crippen LogP contribution is 2.30. The van der Waals surface area contributed by atoms with Gasteiger partial charge >= 0.3 is 0 Å². The quantitative estimate of drug-likeness (QED) is 0.585. The van der Waals surface area contributed by atoms with Crippen LogP contribution in [0.25, 0.3) is 11.5 Å². The third-order valence-electron chi connectivity index (χ3n) is 6.16. The fourth-order valence-corrected chi connectivity index (χ4v) is 6.44. The monoisotopic (exact) mass is 478 g/mol. The fraction of sp³-hybridized carbons (Fsp3) is 0.591. The Bertz CT molecular complexity index is 1040. The molecule has 2 saturated heterocycles. The summed E-state index contributed by atoms with van der Waals surface area (Å²) in [4.78, 5) is 14.9. The van der Waals surface area contributed by atoms with Crippen molar-refractivity contribution in [2.75, 3.05) is 26.2 Å². The molecule has 2 aliphatic rings. The maximum atomic E-state index is 13.0. The molecule has 174 valence electrons. The second-order valence-electron chi connectivity index (χ2n) is 8.63. The van der Waals surface area contributed by atoms with Crippen LogP contribution in [0.3, 0.4) is 0 Å². The van der Waals surface area contributed by atoms with E-state index < -0.39 is 10.0 Å². The van der Waals surface area contributed by atoms with E-state index in [1.54, 1.807) is 28.6 Å². The average molecular weight is 479 g/mol. The van der Waals surface area contributed by atoms with Gasteiger partial charge in [-0.2, -0.15) is 4.31 Å². The van der Waals surface area contributed by atoms with Crippen LogP contribution in [0.5, 0.6) is 0 Å². The number of aromatic nitrogens is 2. The first-order chi connectivity index (χ1) is 15.3. The van der Waals surface area contributed by atoms with Gasteiger partial charge in [0.15, 0.2) is 0 Å². The first-order valence-electron chi connectivity index (χ1n) is 11.2. The number of amides is 1. The van der Waals surface area contributed by atoms with Gasteiger partial charge in [0.05, 0.1) is 10.1 Å². The fourth-order valence-electron chi connectivity index (χ4n) is 4.11. The predicted octanol–water partition coefficient (Wildman–Crippen LogP) is 3.65. The molecule has 2 aliphatic heterocycles. The normalized spacial score (nSPS) is 19.8. The Labute approximate surface area is 193 Å². The van der Waals surface area contributed by atoms with Crippen molar-refractivity contribution in [1.29, 1.82) is 0 Å². The van der Waals surface area contributed by atoms with Gasteiger partial charge in [-0.1, -0.05) is 31.2 Å². The Morgan fingerprint density at radius 1 is 1.12 bits per heavy atom. The van der Waals surface area contributed by atoms with E-state index in [2.05, 4.69) is 17.1 Å². The second-order valence-corrected chi connectivity index (χ2v) is 11.9. The summed E-state index contributed by atoms with van der Waals surface area (Å²) in [7, 11) is -3.54. The molecule has 0 aliphatic carbocycles. The highest BCUT2D eigenvalue weighted by Gasteiger charge is 2.28. The molecule has 0 bridgehead atoms. The number of carbonyl (C=O) groups excluding carboxylic acids is 1. The molecule has 1 amide bonds. The minimum atomic E-state index is -3.54. The van der Waals surface area contributed by atoms with Crippen molar-refractivity contribution in [3.63, 3.8) is 0 Å². The maximum Gasteiger partial charge on any atom is 0.277 e. The van der Waals surface area contributed by atoms with Crippen molar-refractivity contribution in [2.45, 2.75) is 61.3 Å². The van der Waals surface area contributed by atoms with Crippen molar-refractivity contribution in [3.05, 3.63) is 24.3 Å². The van der Waals surface area contributed by atoms with E-state index in [1.807, 2.05) is 11.8 Å². The zero-order valence-electron chi connectivity index (χ0n) is 18.6. The zero-order valence-corrected chi connectivity index (χ0v) is 20.2. The molecule has 2 aromatic rings. The lowest BCUT2D eigenvalue weighted by Gasteiger charge is -2.31. The molecule has 3 heterocycles. The Morgan fingerprint density at radius 3 is 2.56 bits per heavy atom. The third-order valence-corrected chi connectivity index (χ3v) is 8.98. The van der Waals surface area contributed by atoms with Crippen LogP contribution < -0.4 is 0 Å². The summed E-state index contributed by atoms with van der Waals surface area (Å²) in [6.07, 6.45) is 4.90. The van der Waals surface area contributed by atoms with Gasteiger partial charge in [0.1, 0.15) is 0 Å². The Hall–Kier alpha value is -1.91. The van der Waals surface area contributed by atoms with Crippen LogP contribution in [0.4, 0.5) is 0 Å². The molecule has 1 aromatic carbocycles. The summed E-state index contributed by atoms with van der Waals surface area (Å²) in [5.74, 6) is 0.987. The zero-order chi connectivity index (χ0) is 22.7. The molecule has 1 unspecified atom stereocenters. The van der Waals surface area contributed by atoms with E-state index >= 15 is 0 Å². The first-order valence-corrected chi connectivity index (χ1v) is 13.6. The summed E-state index contributed by atoms with van der Waals surface area (Å²) in [5.41, 5.74) is 0.548. The number of hydrogen-bond acceptors (Lipinski definition) is 7. The van der Waals surface area contributed by atoms with Crippen molar-refractivity contribution in [2.24, 2.45) is 5.92 Å². The van der Waals surface area contributed by atoms with Crippen LogP contribution in [-0.4, -0.2) is 65.2 Å². The van der Waals surface area contributed by atoms with E-state index in [0.717, 1.165) is 45.2 Å². The molecular formula is C22H30N4O4S2. The van der Waals surface area contributed by atoms with Crippen LogP contribution in [0.2, 0.25) is 0 Å². The number of thioether (sulfide) groups is 1. The van der Waals surface area contributed by atoms with E-state index in [4.69, 9.17) is 4.42 Å². The number of likely N-dealkylation sites (tertiary alicyclic amines) is 1.